The molecule has 0 aliphatic heterocycles. The van der Waals surface area contributed by atoms with E-state index >= 15 is 0 Å². The van der Waals surface area contributed by atoms with Crippen molar-refractivity contribution in [2.75, 3.05) is 17.6 Å². The molecule has 2 rings (SSSR count). The van der Waals surface area contributed by atoms with E-state index in [0.29, 0.717) is 5.69 Å². The lowest BCUT2D eigenvalue weighted by Gasteiger charge is -2.08. The minimum Gasteiger partial charge on any atom is -0.469 e. The van der Waals surface area contributed by atoms with Crippen LogP contribution in [0.2, 0.25) is 0 Å². The van der Waals surface area contributed by atoms with Crippen molar-refractivity contribution < 1.29 is 4.42 Å². The number of nitrogens with one attached hydrogen (secondary N) is 1. The van der Waals surface area contributed by atoms with Crippen LogP contribution >= 0.6 is 0 Å². The van der Waals surface area contributed by atoms with Crippen molar-refractivity contribution in [3.05, 3.63) is 42.0 Å². The molecule has 0 aliphatic rings. The quantitative estimate of drug-likeness (QED) is 0.824. The zero-order chi connectivity index (χ0) is 11.4. The van der Waals surface area contributed by atoms with E-state index in [-0.39, 0.29) is 0 Å². The third-order valence-corrected chi connectivity index (χ3v) is 2.45. The third kappa shape index (κ3) is 2.34. The summed E-state index contributed by atoms with van der Waals surface area (Å²) in [6, 6.07) is 5.73. The lowest BCUT2D eigenvalue weighted by atomic mass is 10.2. The van der Waals surface area contributed by atoms with Crippen LogP contribution in [0, 0.1) is 6.92 Å². The number of furan rings is 1. The van der Waals surface area contributed by atoms with Crippen LogP contribution in [0.3, 0.4) is 0 Å². The van der Waals surface area contributed by atoms with Crippen LogP contribution in [0.4, 0.5) is 11.5 Å². The van der Waals surface area contributed by atoms with Gasteiger partial charge in [0.25, 0.3) is 0 Å². The van der Waals surface area contributed by atoms with Gasteiger partial charge in [0, 0.05) is 19.2 Å². The van der Waals surface area contributed by atoms with Crippen molar-refractivity contribution >= 4 is 11.5 Å². The largest absolute Gasteiger partial charge is 0.469 e. The Morgan fingerprint density at radius 1 is 1.44 bits per heavy atom. The molecule has 84 valence electrons. The Labute approximate surface area is 94.5 Å². The van der Waals surface area contributed by atoms with E-state index in [1.54, 1.807) is 12.5 Å². The van der Waals surface area contributed by atoms with Crippen LogP contribution < -0.4 is 11.1 Å². The molecule has 4 heteroatoms. The normalized spacial score (nSPS) is 10.3. The molecule has 0 radical (unpaired) electrons. The molecule has 0 aromatic carbocycles. The minimum absolute atomic E-state index is 0.710. The average molecular weight is 217 g/mol. The molecule has 2 aromatic heterocycles. The summed E-state index contributed by atoms with van der Waals surface area (Å²) in [6.07, 6.45) is 4.25. The zero-order valence-corrected chi connectivity index (χ0v) is 9.23. The molecule has 3 N–H and O–H groups in total. The standard InChI is InChI=1S/C12H15N3O/c1-9-4-6-14-12(11(9)13)15-7-5-10-3-2-8-16-10/h2-4,6,8H,5,7,13H2,1H3,(H,14,15). The Morgan fingerprint density at radius 2 is 2.31 bits per heavy atom. The lowest BCUT2D eigenvalue weighted by Crippen LogP contribution is -2.08. The molecule has 0 aliphatic carbocycles. The van der Waals surface area contributed by atoms with Gasteiger partial charge in [0.05, 0.1) is 12.0 Å². The van der Waals surface area contributed by atoms with Gasteiger partial charge in [-0.2, -0.15) is 0 Å². The molecular weight excluding hydrogens is 202 g/mol. The van der Waals surface area contributed by atoms with Crippen LogP contribution in [0.5, 0.6) is 0 Å². The van der Waals surface area contributed by atoms with E-state index in [0.717, 1.165) is 30.1 Å². The predicted octanol–water partition coefficient (Wildman–Crippen LogP) is 2.22. The van der Waals surface area contributed by atoms with E-state index in [1.165, 1.54) is 0 Å². The number of aryl methyl sites for hydroxylation is 1. The topological polar surface area (TPSA) is 64.1 Å². The first-order chi connectivity index (χ1) is 7.77. The second-order valence-electron chi connectivity index (χ2n) is 3.65. The Hall–Kier alpha value is -1.97. The van der Waals surface area contributed by atoms with Gasteiger partial charge in [-0.25, -0.2) is 4.98 Å². The fraction of sp³-hybridized carbons (Fsp3) is 0.250. The molecule has 0 spiro atoms. The second kappa shape index (κ2) is 4.70. The molecule has 0 amide bonds. The summed E-state index contributed by atoms with van der Waals surface area (Å²) in [4.78, 5) is 4.19. The fourth-order valence-electron chi connectivity index (χ4n) is 1.47. The highest BCUT2D eigenvalue weighted by atomic mass is 16.3. The maximum absolute atomic E-state index is 5.89. The zero-order valence-electron chi connectivity index (χ0n) is 9.23. The number of rotatable bonds is 4. The molecule has 0 unspecified atom stereocenters. The number of aromatic nitrogens is 1. The highest BCUT2D eigenvalue weighted by molar-refractivity contribution is 5.64. The highest BCUT2D eigenvalue weighted by Gasteiger charge is 2.02. The van der Waals surface area contributed by atoms with Gasteiger partial charge in [0.15, 0.2) is 0 Å². The maximum atomic E-state index is 5.89. The summed E-state index contributed by atoms with van der Waals surface area (Å²) in [5.74, 6) is 1.70. The van der Waals surface area contributed by atoms with E-state index in [4.69, 9.17) is 10.2 Å². The Morgan fingerprint density at radius 3 is 3.06 bits per heavy atom. The van der Waals surface area contributed by atoms with Crippen LogP contribution in [0.1, 0.15) is 11.3 Å². The summed E-state index contributed by atoms with van der Waals surface area (Å²) in [5, 5.41) is 3.20. The summed E-state index contributed by atoms with van der Waals surface area (Å²) in [5.41, 5.74) is 7.64. The smallest absolute Gasteiger partial charge is 0.149 e. The van der Waals surface area contributed by atoms with E-state index < -0.39 is 0 Å². The first-order valence-electron chi connectivity index (χ1n) is 5.24. The van der Waals surface area contributed by atoms with Gasteiger partial charge in [-0.1, -0.05) is 0 Å². The van der Waals surface area contributed by atoms with Crippen LogP contribution in [-0.2, 0) is 6.42 Å². The molecule has 0 saturated carbocycles. The first kappa shape index (κ1) is 10.5. The van der Waals surface area contributed by atoms with Gasteiger partial charge < -0.3 is 15.5 Å². The second-order valence-corrected chi connectivity index (χ2v) is 3.65. The van der Waals surface area contributed by atoms with Crippen molar-refractivity contribution in [2.24, 2.45) is 0 Å². The summed E-state index contributed by atoms with van der Waals surface area (Å²) in [7, 11) is 0. The highest BCUT2D eigenvalue weighted by Crippen LogP contribution is 2.18. The van der Waals surface area contributed by atoms with Crippen molar-refractivity contribution in [2.45, 2.75) is 13.3 Å². The van der Waals surface area contributed by atoms with Gasteiger partial charge in [-0.15, -0.1) is 0 Å². The van der Waals surface area contributed by atoms with Gasteiger partial charge in [0.2, 0.25) is 0 Å². The van der Waals surface area contributed by atoms with E-state index in [1.807, 2.05) is 25.1 Å². The van der Waals surface area contributed by atoms with Gasteiger partial charge in [0.1, 0.15) is 11.6 Å². The van der Waals surface area contributed by atoms with E-state index in [2.05, 4.69) is 10.3 Å². The van der Waals surface area contributed by atoms with Crippen LogP contribution in [0.15, 0.2) is 35.1 Å². The third-order valence-electron chi connectivity index (χ3n) is 2.45. The Balaban J connectivity index is 1.92. The number of pyridine rings is 1. The number of nitrogens with two attached hydrogens (primary N) is 1. The molecule has 2 aromatic rings. The van der Waals surface area contributed by atoms with Gasteiger partial charge >= 0.3 is 0 Å². The molecule has 0 bridgehead atoms. The SMILES string of the molecule is Cc1ccnc(NCCc2ccco2)c1N. The fourth-order valence-corrected chi connectivity index (χ4v) is 1.47. The Kier molecular flexibility index (Phi) is 3.10. The number of anilines is 2. The molecule has 0 atom stereocenters. The molecular formula is C12H15N3O. The monoisotopic (exact) mass is 217 g/mol. The van der Waals surface area contributed by atoms with E-state index in [9.17, 15) is 0 Å². The minimum atomic E-state index is 0.710. The van der Waals surface area contributed by atoms with Crippen molar-refractivity contribution in [1.29, 1.82) is 0 Å². The maximum Gasteiger partial charge on any atom is 0.149 e. The van der Waals surface area contributed by atoms with Crippen LogP contribution in [0.25, 0.3) is 0 Å². The molecule has 16 heavy (non-hydrogen) atoms. The predicted molar refractivity (Wildman–Crippen MR) is 64.3 cm³/mol. The summed E-state index contributed by atoms with van der Waals surface area (Å²) in [6.45, 7) is 2.73. The van der Waals surface area contributed by atoms with Crippen molar-refractivity contribution in [3.8, 4) is 0 Å². The molecule has 2 heterocycles. The van der Waals surface area contributed by atoms with Crippen molar-refractivity contribution in [3.63, 3.8) is 0 Å². The molecule has 4 nitrogen and oxygen atoms in total. The Bertz CT molecular complexity index is 451. The van der Waals surface area contributed by atoms with Gasteiger partial charge in [-0.05, 0) is 30.7 Å². The summed E-state index contributed by atoms with van der Waals surface area (Å²) >= 11 is 0. The number of hydrogen-bond donors (Lipinski definition) is 2. The van der Waals surface area contributed by atoms with Crippen LogP contribution in [-0.4, -0.2) is 11.5 Å². The number of hydrogen-bond acceptors (Lipinski definition) is 4. The van der Waals surface area contributed by atoms with Gasteiger partial charge in [-0.3, -0.25) is 0 Å². The molecule has 0 saturated heterocycles. The summed E-state index contributed by atoms with van der Waals surface area (Å²) < 4.78 is 5.23. The first-order valence-corrected chi connectivity index (χ1v) is 5.24. The molecule has 0 fully saturated rings. The number of nitrogens with zero attached hydrogens (tertiary/aromatic N) is 1. The lowest BCUT2D eigenvalue weighted by molar-refractivity contribution is 0.513. The average Bonchev–Trinajstić information content (AvgIpc) is 2.77. The van der Waals surface area contributed by atoms with Crippen molar-refractivity contribution in [1.82, 2.24) is 4.98 Å². The number of nitrogen functional groups attached to an aromatic ring is 1.